The van der Waals surface area contributed by atoms with E-state index in [1.165, 1.54) is 18.3 Å². The van der Waals surface area contributed by atoms with Gasteiger partial charge in [0.1, 0.15) is 23.0 Å². The number of amides is 1. The molecule has 3 rings (SSSR count). The molecule has 0 atom stereocenters. The van der Waals surface area contributed by atoms with Crippen molar-refractivity contribution in [3.63, 3.8) is 0 Å². The molecule has 0 bridgehead atoms. The second-order valence-electron chi connectivity index (χ2n) is 5.77. The number of rotatable bonds is 8. The molecule has 3 aromatic rings. The van der Waals surface area contributed by atoms with E-state index >= 15 is 0 Å². The average molecular weight is 395 g/mol. The van der Waals surface area contributed by atoms with Crippen LogP contribution in [0, 0.1) is 10.1 Å². The highest BCUT2D eigenvalue weighted by Crippen LogP contribution is 2.25. The molecular formula is C20H17N3O6. The number of carbonyl (C=O) groups excluding carboxylic acids is 1. The van der Waals surface area contributed by atoms with Crippen LogP contribution in [-0.2, 0) is 4.79 Å². The van der Waals surface area contributed by atoms with E-state index in [9.17, 15) is 14.9 Å². The summed E-state index contributed by atoms with van der Waals surface area (Å²) in [6.45, 7) is -0.208. The smallest absolute Gasteiger partial charge is 0.277 e. The van der Waals surface area contributed by atoms with Crippen LogP contribution >= 0.6 is 0 Å². The molecule has 2 aromatic carbocycles. The van der Waals surface area contributed by atoms with E-state index in [-0.39, 0.29) is 12.3 Å². The van der Waals surface area contributed by atoms with Gasteiger partial charge in [-0.1, -0.05) is 12.1 Å². The van der Waals surface area contributed by atoms with Gasteiger partial charge in [-0.25, -0.2) is 5.43 Å². The number of hydrogen-bond acceptors (Lipinski definition) is 7. The summed E-state index contributed by atoms with van der Waals surface area (Å²) < 4.78 is 16.0. The zero-order chi connectivity index (χ0) is 20.6. The summed E-state index contributed by atoms with van der Waals surface area (Å²) in [5.41, 5.74) is 2.86. The lowest BCUT2D eigenvalue weighted by Gasteiger charge is -2.05. The lowest BCUT2D eigenvalue weighted by atomic mass is 10.1. The Balaban J connectivity index is 1.52. The third-order valence-electron chi connectivity index (χ3n) is 3.78. The minimum absolute atomic E-state index is 0.0294. The standard InChI is InChI=1S/C20H17N3O6/c1-27-16-5-7-17(8-6-16)28-13-20(24)22-21-12-18-9-10-19(29-18)14-3-2-4-15(11-14)23(25)26/h2-12H,13H2,1H3,(H,22,24)/b21-12+. The molecule has 0 spiro atoms. The first-order valence-corrected chi connectivity index (χ1v) is 8.48. The van der Waals surface area contributed by atoms with Crippen LogP contribution in [0.4, 0.5) is 5.69 Å². The number of hydrogen-bond donors (Lipinski definition) is 1. The van der Waals surface area contributed by atoms with Gasteiger partial charge in [-0.05, 0) is 36.4 Å². The Bertz CT molecular complexity index is 1030. The van der Waals surface area contributed by atoms with Crippen LogP contribution in [0.5, 0.6) is 11.5 Å². The Morgan fingerprint density at radius 2 is 1.93 bits per heavy atom. The molecule has 0 aliphatic rings. The lowest BCUT2D eigenvalue weighted by molar-refractivity contribution is -0.384. The van der Waals surface area contributed by atoms with Crippen molar-refractivity contribution in [1.29, 1.82) is 0 Å². The van der Waals surface area contributed by atoms with Crippen LogP contribution in [0.15, 0.2) is 70.2 Å². The first kappa shape index (κ1) is 19.6. The van der Waals surface area contributed by atoms with E-state index in [0.717, 1.165) is 0 Å². The highest BCUT2D eigenvalue weighted by Gasteiger charge is 2.10. The highest BCUT2D eigenvalue weighted by molar-refractivity contribution is 5.81. The van der Waals surface area contributed by atoms with Crippen LogP contribution in [0.2, 0.25) is 0 Å². The Morgan fingerprint density at radius 1 is 1.17 bits per heavy atom. The Morgan fingerprint density at radius 3 is 2.66 bits per heavy atom. The number of benzene rings is 2. The maximum Gasteiger partial charge on any atom is 0.277 e. The normalized spacial score (nSPS) is 10.7. The molecule has 9 nitrogen and oxygen atoms in total. The molecule has 0 radical (unpaired) electrons. The number of ether oxygens (including phenoxy) is 2. The number of nitro groups is 1. The summed E-state index contributed by atoms with van der Waals surface area (Å²) in [7, 11) is 1.56. The highest BCUT2D eigenvalue weighted by atomic mass is 16.6. The number of nitrogens with zero attached hydrogens (tertiary/aromatic N) is 2. The number of furan rings is 1. The maximum absolute atomic E-state index is 11.8. The summed E-state index contributed by atoms with van der Waals surface area (Å²) in [6.07, 6.45) is 1.33. The van der Waals surface area contributed by atoms with Gasteiger partial charge in [0.15, 0.2) is 6.61 Å². The topological polar surface area (TPSA) is 116 Å². The van der Waals surface area contributed by atoms with E-state index in [4.69, 9.17) is 13.9 Å². The molecule has 1 aromatic heterocycles. The van der Waals surface area contributed by atoms with Gasteiger partial charge in [0, 0.05) is 17.7 Å². The van der Waals surface area contributed by atoms with Gasteiger partial charge in [0.25, 0.3) is 11.6 Å². The Hall–Kier alpha value is -4.14. The number of nitro benzene ring substituents is 1. The molecular weight excluding hydrogens is 378 g/mol. The maximum atomic E-state index is 11.8. The van der Waals surface area contributed by atoms with Crippen LogP contribution < -0.4 is 14.9 Å². The van der Waals surface area contributed by atoms with Gasteiger partial charge in [-0.2, -0.15) is 5.10 Å². The first-order valence-electron chi connectivity index (χ1n) is 8.48. The number of nitrogens with one attached hydrogen (secondary N) is 1. The summed E-state index contributed by atoms with van der Waals surface area (Å²) in [4.78, 5) is 22.2. The van der Waals surface area contributed by atoms with Crippen molar-refractivity contribution >= 4 is 17.8 Å². The van der Waals surface area contributed by atoms with E-state index < -0.39 is 10.8 Å². The minimum Gasteiger partial charge on any atom is -0.497 e. The van der Waals surface area contributed by atoms with Crippen molar-refractivity contribution in [2.45, 2.75) is 0 Å². The molecule has 0 fully saturated rings. The number of hydrazone groups is 1. The molecule has 9 heteroatoms. The molecule has 1 amide bonds. The zero-order valence-corrected chi connectivity index (χ0v) is 15.4. The van der Waals surface area contributed by atoms with Gasteiger partial charge >= 0.3 is 0 Å². The molecule has 0 saturated carbocycles. The van der Waals surface area contributed by atoms with Crippen molar-refractivity contribution in [2.24, 2.45) is 5.10 Å². The van der Waals surface area contributed by atoms with E-state index in [1.807, 2.05) is 0 Å². The molecule has 148 valence electrons. The molecule has 1 N–H and O–H groups in total. The Kier molecular flexibility index (Phi) is 6.21. The molecule has 0 unspecified atom stereocenters. The van der Waals surface area contributed by atoms with Gasteiger partial charge in [-0.3, -0.25) is 14.9 Å². The van der Waals surface area contributed by atoms with Crippen molar-refractivity contribution in [3.05, 3.63) is 76.5 Å². The number of non-ortho nitro benzene ring substituents is 1. The average Bonchev–Trinajstić information content (AvgIpc) is 3.21. The molecule has 1 heterocycles. The molecule has 0 aliphatic carbocycles. The minimum atomic E-state index is -0.474. The summed E-state index contributed by atoms with van der Waals surface area (Å²) in [6, 6.07) is 16.2. The summed E-state index contributed by atoms with van der Waals surface area (Å²) in [5, 5.41) is 14.7. The van der Waals surface area contributed by atoms with Crippen molar-refractivity contribution in [1.82, 2.24) is 5.43 Å². The van der Waals surface area contributed by atoms with Crippen molar-refractivity contribution in [2.75, 3.05) is 13.7 Å². The second-order valence-corrected chi connectivity index (χ2v) is 5.77. The van der Waals surface area contributed by atoms with Gasteiger partial charge in [0.05, 0.1) is 18.2 Å². The quantitative estimate of drug-likeness (QED) is 0.355. The zero-order valence-electron chi connectivity index (χ0n) is 15.4. The van der Waals surface area contributed by atoms with Crippen LogP contribution in [0.1, 0.15) is 5.76 Å². The fraction of sp³-hybridized carbons (Fsp3) is 0.100. The monoisotopic (exact) mass is 395 g/mol. The van der Waals surface area contributed by atoms with Crippen LogP contribution in [-0.4, -0.2) is 30.8 Å². The molecule has 29 heavy (non-hydrogen) atoms. The predicted molar refractivity (Wildman–Crippen MR) is 105 cm³/mol. The van der Waals surface area contributed by atoms with Crippen molar-refractivity contribution in [3.8, 4) is 22.8 Å². The fourth-order valence-corrected chi connectivity index (χ4v) is 2.37. The number of methoxy groups -OCH3 is 1. The fourth-order valence-electron chi connectivity index (χ4n) is 2.37. The van der Waals surface area contributed by atoms with Gasteiger partial charge < -0.3 is 13.9 Å². The second kappa shape index (κ2) is 9.18. The summed E-state index contributed by atoms with van der Waals surface area (Å²) in [5.74, 6) is 1.60. The van der Waals surface area contributed by atoms with Crippen molar-refractivity contribution < 1.29 is 23.6 Å². The summed E-state index contributed by atoms with van der Waals surface area (Å²) >= 11 is 0. The first-order chi connectivity index (χ1) is 14.0. The van der Waals surface area contributed by atoms with Gasteiger partial charge in [0.2, 0.25) is 0 Å². The van der Waals surface area contributed by atoms with Crippen LogP contribution in [0.25, 0.3) is 11.3 Å². The number of carbonyl (C=O) groups is 1. The van der Waals surface area contributed by atoms with E-state index in [0.29, 0.717) is 28.6 Å². The predicted octanol–water partition coefficient (Wildman–Crippen LogP) is 3.39. The Labute approximate surface area is 165 Å². The third-order valence-corrected chi connectivity index (χ3v) is 3.78. The SMILES string of the molecule is COc1ccc(OCC(=O)N/N=C/c2ccc(-c3cccc([N+](=O)[O-])c3)o2)cc1. The van der Waals surface area contributed by atoms with E-state index in [1.54, 1.807) is 55.6 Å². The van der Waals surface area contributed by atoms with Crippen LogP contribution in [0.3, 0.4) is 0 Å². The van der Waals surface area contributed by atoms with E-state index in [2.05, 4.69) is 10.5 Å². The largest absolute Gasteiger partial charge is 0.497 e. The molecule has 0 saturated heterocycles. The molecule has 0 aliphatic heterocycles. The lowest BCUT2D eigenvalue weighted by Crippen LogP contribution is -2.24. The third kappa shape index (κ3) is 5.42. The van der Waals surface area contributed by atoms with Gasteiger partial charge in [-0.15, -0.1) is 0 Å².